The van der Waals surface area contributed by atoms with Gasteiger partial charge in [0, 0.05) is 25.8 Å². The van der Waals surface area contributed by atoms with Crippen LogP contribution in [-0.2, 0) is 10.3 Å². The molecule has 1 atom stereocenters. The largest absolute Gasteiger partial charge is 0.466 e. The van der Waals surface area contributed by atoms with Gasteiger partial charge < -0.3 is 24.9 Å². The molecule has 0 bridgehead atoms. The van der Waals surface area contributed by atoms with Crippen LogP contribution in [0.3, 0.4) is 0 Å². The van der Waals surface area contributed by atoms with Gasteiger partial charge in [0.2, 0.25) is 0 Å². The molecule has 1 aromatic heterocycles. The lowest BCUT2D eigenvalue weighted by Gasteiger charge is -2.24. The van der Waals surface area contributed by atoms with Gasteiger partial charge in [0.15, 0.2) is 0 Å². The van der Waals surface area contributed by atoms with Gasteiger partial charge in [0.1, 0.15) is 17.1 Å². The van der Waals surface area contributed by atoms with Crippen molar-refractivity contribution in [2.75, 3.05) is 26.8 Å². The number of nitrogens with one attached hydrogen (secondary N) is 2. The topological polar surface area (TPSA) is 83.7 Å². The van der Waals surface area contributed by atoms with E-state index in [9.17, 15) is 9.90 Å². The van der Waals surface area contributed by atoms with E-state index in [2.05, 4.69) is 10.6 Å². The van der Waals surface area contributed by atoms with Crippen LogP contribution in [0.25, 0.3) is 0 Å². The van der Waals surface area contributed by atoms with Crippen molar-refractivity contribution < 1.29 is 19.1 Å². The normalized spacial score (nSPS) is 18.3. The lowest BCUT2D eigenvalue weighted by Crippen LogP contribution is -2.45. The number of aryl methyl sites for hydroxylation is 2. The molecule has 0 radical (unpaired) electrons. The Balaban J connectivity index is 1.79. The molecular weight excluding hydrogens is 296 g/mol. The number of ether oxygens (including phenoxy) is 1. The summed E-state index contributed by atoms with van der Waals surface area (Å²) in [6, 6.07) is 1.55. The summed E-state index contributed by atoms with van der Waals surface area (Å²) < 4.78 is 10.6. The monoisotopic (exact) mass is 324 g/mol. The third-order valence-electron chi connectivity index (χ3n) is 4.63. The molecule has 1 aromatic rings. The predicted octanol–water partition coefficient (Wildman–Crippen LogP) is 2.22. The average Bonchev–Trinajstić information content (AvgIpc) is 3.18. The molecule has 23 heavy (non-hydrogen) atoms. The number of carbonyl (C=O) groups excluding carboxylic acids is 1. The summed E-state index contributed by atoms with van der Waals surface area (Å²) in [7, 11) is 1.69. The van der Waals surface area contributed by atoms with Crippen LogP contribution in [0.5, 0.6) is 0 Å². The Hall–Kier alpha value is -1.53. The highest BCUT2D eigenvalue weighted by Crippen LogP contribution is 2.48. The van der Waals surface area contributed by atoms with Gasteiger partial charge in [-0.25, -0.2) is 4.79 Å². The molecule has 2 amide bonds. The van der Waals surface area contributed by atoms with Crippen molar-refractivity contribution in [1.82, 2.24) is 10.6 Å². The zero-order chi connectivity index (χ0) is 17.1. The first-order chi connectivity index (χ1) is 10.8. The van der Waals surface area contributed by atoms with E-state index in [4.69, 9.17) is 9.15 Å². The van der Waals surface area contributed by atoms with E-state index in [1.54, 1.807) is 20.1 Å². The van der Waals surface area contributed by atoms with Crippen molar-refractivity contribution in [3.05, 3.63) is 23.2 Å². The number of urea groups is 1. The van der Waals surface area contributed by atoms with Gasteiger partial charge >= 0.3 is 6.03 Å². The van der Waals surface area contributed by atoms with Crippen LogP contribution in [-0.4, -0.2) is 37.9 Å². The van der Waals surface area contributed by atoms with Gasteiger partial charge in [-0.05, 0) is 51.5 Å². The van der Waals surface area contributed by atoms with Gasteiger partial charge in [0.05, 0.1) is 6.54 Å². The van der Waals surface area contributed by atoms with E-state index >= 15 is 0 Å². The van der Waals surface area contributed by atoms with Crippen LogP contribution in [0, 0.1) is 19.3 Å². The number of hydrogen-bond acceptors (Lipinski definition) is 4. The van der Waals surface area contributed by atoms with E-state index in [1.807, 2.05) is 13.8 Å². The molecule has 1 unspecified atom stereocenters. The minimum absolute atomic E-state index is 0.129. The van der Waals surface area contributed by atoms with Crippen LogP contribution in [0.4, 0.5) is 4.79 Å². The SMILES string of the molecule is COCCC1(CNC(=O)NCC(C)(O)c2cc(C)oc2C)CC1. The maximum absolute atomic E-state index is 12.0. The number of aliphatic hydroxyl groups is 1. The zero-order valence-electron chi connectivity index (χ0n) is 14.5. The Labute approximate surface area is 137 Å². The fourth-order valence-corrected chi connectivity index (χ4v) is 2.85. The van der Waals surface area contributed by atoms with Gasteiger partial charge in [-0.2, -0.15) is 0 Å². The second-order valence-corrected chi connectivity index (χ2v) is 6.88. The number of hydrogen-bond donors (Lipinski definition) is 3. The molecule has 130 valence electrons. The third kappa shape index (κ3) is 4.72. The number of carbonyl (C=O) groups is 1. The van der Waals surface area contributed by atoms with E-state index in [0.29, 0.717) is 17.9 Å². The number of amides is 2. The lowest BCUT2D eigenvalue weighted by atomic mass is 9.96. The summed E-state index contributed by atoms with van der Waals surface area (Å²) in [4.78, 5) is 12.0. The van der Waals surface area contributed by atoms with Crippen LogP contribution < -0.4 is 10.6 Å². The van der Waals surface area contributed by atoms with E-state index in [0.717, 1.165) is 31.6 Å². The van der Waals surface area contributed by atoms with Crippen molar-refractivity contribution in [1.29, 1.82) is 0 Å². The summed E-state index contributed by atoms with van der Waals surface area (Å²) >= 11 is 0. The van der Waals surface area contributed by atoms with E-state index in [-0.39, 0.29) is 18.0 Å². The summed E-state index contributed by atoms with van der Waals surface area (Å²) in [6.07, 6.45) is 3.22. The molecule has 3 N–H and O–H groups in total. The molecule has 2 rings (SSSR count). The van der Waals surface area contributed by atoms with Crippen molar-refractivity contribution in [2.45, 2.75) is 45.6 Å². The summed E-state index contributed by atoms with van der Waals surface area (Å²) in [5.74, 6) is 1.42. The summed E-state index contributed by atoms with van der Waals surface area (Å²) in [5.41, 5.74) is -0.255. The molecule has 0 aliphatic heterocycles. The standard InChI is InChI=1S/C17H28N2O4/c1-12-9-14(13(2)23-12)16(3,21)10-18-15(20)19-11-17(5-6-17)7-8-22-4/h9,21H,5-8,10-11H2,1-4H3,(H2,18,19,20). The first-order valence-corrected chi connectivity index (χ1v) is 8.09. The molecule has 0 saturated heterocycles. The van der Waals surface area contributed by atoms with E-state index in [1.165, 1.54) is 0 Å². The van der Waals surface area contributed by atoms with Crippen LogP contribution in [0.15, 0.2) is 10.5 Å². The van der Waals surface area contributed by atoms with Gasteiger partial charge in [0.25, 0.3) is 0 Å². The highest BCUT2D eigenvalue weighted by atomic mass is 16.5. The van der Waals surface area contributed by atoms with Gasteiger partial charge in [-0.15, -0.1) is 0 Å². The smallest absolute Gasteiger partial charge is 0.314 e. The molecule has 6 nitrogen and oxygen atoms in total. The van der Waals surface area contributed by atoms with Gasteiger partial charge in [-0.3, -0.25) is 0 Å². The lowest BCUT2D eigenvalue weighted by molar-refractivity contribution is 0.0578. The van der Waals surface area contributed by atoms with Crippen LogP contribution in [0.2, 0.25) is 0 Å². The molecule has 1 aliphatic carbocycles. The minimum atomic E-state index is -1.16. The fourth-order valence-electron chi connectivity index (χ4n) is 2.85. The average molecular weight is 324 g/mol. The minimum Gasteiger partial charge on any atom is -0.466 e. The Morgan fingerprint density at radius 2 is 2.13 bits per heavy atom. The maximum atomic E-state index is 12.0. The maximum Gasteiger partial charge on any atom is 0.314 e. The number of furan rings is 1. The van der Waals surface area contributed by atoms with Crippen molar-refractivity contribution in [2.24, 2.45) is 5.41 Å². The molecule has 6 heteroatoms. The predicted molar refractivity (Wildman–Crippen MR) is 87.3 cm³/mol. The Kier molecular flexibility index (Phi) is 5.37. The zero-order valence-corrected chi connectivity index (χ0v) is 14.5. The molecule has 1 saturated carbocycles. The van der Waals surface area contributed by atoms with Gasteiger partial charge in [-0.1, -0.05) is 0 Å². The first-order valence-electron chi connectivity index (χ1n) is 8.09. The first kappa shape index (κ1) is 17.8. The quantitative estimate of drug-likeness (QED) is 0.684. The second-order valence-electron chi connectivity index (χ2n) is 6.88. The Morgan fingerprint density at radius 1 is 1.43 bits per heavy atom. The van der Waals surface area contributed by atoms with Crippen molar-refractivity contribution >= 4 is 6.03 Å². The molecular formula is C17H28N2O4. The van der Waals surface area contributed by atoms with Crippen molar-refractivity contribution in [3.8, 4) is 0 Å². The summed E-state index contributed by atoms with van der Waals surface area (Å²) in [6.45, 7) is 6.81. The van der Waals surface area contributed by atoms with Crippen LogP contribution >= 0.6 is 0 Å². The number of rotatable bonds is 8. The molecule has 1 aliphatic rings. The Bertz CT molecular complexity index is 547. The Morgan fingerprint density at radius 3 is 2.65 bits per heavy atom. The highest BCUT2D eigenvalue weighted by molar-refractivity contribution is 5.74. The molecule has 0 aromatic carbocycles. The fraction of sp³-hybridized carbons (Fsp3) is 0.706. The highest BCUT2D eigenvalue weighted by Gasteiger charge is 2.42. The van der Waals surface area contributed by atoms with Crippen molar-refractivity contribution in [3.63, 3.8) is 0 Å². The number of methoxy groups -OCH3 is 1. The molecule has 1 fully saturated rings. The van der Waals surface area contributed by atoms with Crippen LogP contribution in [0.1, 0.15) is 43.3 Å². The second kappa shape index (κ2) is 6.93. The third-order valence-corrected chi connectivity index (χ3v) is 4.63. The summed E-state index contributed by atoms with van der Waals surface area (Å²) in [5, 5.41) is 16.2. The van der Waals surface area contributed by atoms with E-state index < -0.39 is 5.60 Å². The molecule has 1 heterocycles. The molecule has 0 spiro atoms.